The number of nitrogens with one attached hydrogen (secondary N) is 2. The summed E-state index contributed by atoms with van der Waals surface area (Å²) in [6.07, 6.45) is 1.73. The van der Waals surface area contributed by atoms with Gasteiger partial charge in [-0.15, -0.1) is 0 Å². The lowest BCUT2D eigenvalue weighted by Crippen LogP contribution is -2.47. The van der Waals surface area contributed by atoms with Gasteiger partial charge in [-0.1, -0.05) is 15.9 Å². The third-order valence-electron chi connectivity index (χ3n) is 3.64. The van der Waals surface area contributed by atoms with Gasteiger partial charge in [0.1, 0.15) is 11.4 Å². The number of anilines is 2. The predicted octanol–water partition coefficient (Wildman–Crippen LogP) is 3.22. The standard InChI is InChI=1S/C18H16BrN3O3/c1-25-15-8-4-13(5-9-15)20-18(24)16-10-11-17(23)22(21-16)14-6-2-12(19)3-7-14/h2-10,21H,11H2,1H3,(H,20,24). The number of hydrazine groups is 1. The fourth-order valence-corrected chi connectivity index (χ4v) is 2.59. The lowest BCUT2D eigenvalue weighted by molar-refractivity contribution is -0.119. The van der Waals surface area contributed by atoms with Gasteiger partial charge in [0.2, 0.25) is 5.91 Å². The Balaban J connectivity index is 1.72. The van der Waals surface area contributed by atoms with E-state index in [1.165, 1.54) is 5.01 Å². The van der Waals surface area contributed by atoms with Crippen LogP contribution in [0, 0.1) is 0 Å². The Morgan fingerprint density at radius 1 is 1.16 bits per heavy atom. The van der Waals surface area contributed by atoms with Crippen LogP contribution in [-0.4, -0.2) is 18.9 Å². The van der Waals surface area contributed by atoms with Crippen molar-refractivity contribution >= 4 is 39.1 Å². The summed E-state index contributed by atoms with van der Waals surface area (Å²) in [4.78, 5) is 24.6. The van der Waals surface area contributed by atoms with Crippen LogP contribution in [0.15, 0.2) is 64.8 Å². The lowest BCUT2D eigenvalue weighted by atomic mass is 10.2. The Morgan fingerprint density at radius 2 is 1.84 bits per heavy atom. The molecule has 2 N–H and O–H groups in total. The summed E-state index contributed by atoms with van der Waals surface area (Å²) in [5.41, 5.74) is 4.49. The van der Waals surface area contributed by atoms with Gasteiger partial charge in [0, 0.05) is 16.6 Å². The highest BCUT2D eigenvalue weighted by Gasteiger charge is 2.24. The molecule has 1 aliphatic rings. The average molecular weight is 402 g/mol. The summed E-state index contributed by atoms with van der Waals surface area (Å²) in [5, 5.41) is 4.16. The summed E-state index contributed by atoms with van der Waals surface area (Å²) < 4.78 is 6.00. The minimum Gasteiger partial charge on any atom is -0.497 e. The highest BCUT2D eigenvalue weighted by atomic mass is 79.9. The van der Waals surface area contributed by atoms with Crippen LogP contribution in [0.25, 0.3) is 0 Å². The van der Waals surface area contributed by atoms with E-state index in [-0.39, 0.29) is 18.2 Å². The van der Waals surface area contributed by atoms with Crippen LogP contribution in [0.4, 0.5) is 11.4 Å². The largest absolute Gasteiger partial charge is 0.497 e. The molecule has 0 aliphatic carbocycles. The number of methoxy groups -OCH3 is 1. The first-order valence-corrected chi connectivity index (χ1v) is 8.37. The third kappa shape index (κ3) is 4.00. The predicted molar refractivity (Wildman–Crippen MR) is 99.1 cm³/mol. The van der Waals surface area contributed by atoms with Crippen molar-refractivity contribution < 1.29 is 14.3 Å². The van der Waals surface area contributed by atoms with Crippen LogP contribution in [0.2, 0.25) is 0 Å². The maximum atomic E-state index is 12.4. The molecule has 3 rings (SSSR count). The van der Waals surface area contributed by atoms with Crippen LogP contribution in [0.3, 0.4) is 0 Å². The Kier molecular flexibility index (Phi) is 5.04. The number of hydrogen-bond acceptors (Lipinski definition) is 4. The van der Waals surface area contributed by atoms with Gasteiger partial charge in [-0.2, -0.15) is 0 Å². The Morgan fingerprint density at radius 3 is 2.48 bits per heavy atom. The first kappa shape index (κ1) is 17.0. The maximum Gasteiger partial charge on any atom is 0.273 e. The number of rotatable bonds is 4. The van der Waals surface area contributed by atoms with Crippen LogP contribution < -0.4 is 20.5 Å². The molecule has 0 spiro atoms. The first-order chi connectivity index (χ1) is 12.1. The fraction of sp³-hybridized carbons (Fsp3) is 0.111. The van der Waals surface area contributed by atoms with Crippen molar-refractivity contribution in [1.82, 2.24) is 5.43 Å². The molecule has 0 aromatic heterocycles. The van der Waals surface area contributed by atoms with E-state index in [1.807, 2.05) is 12.1 Å². The molecule has 1 heterocycles. The summed E-state index contributed by atoms with van der Waals surface area (Å²) in [7, 11) is 1.58. The summed E-state index contributed by atoms with van der Waals surface area (Å²) in [6.45, 7) is 0. The Bertz CT molecular complexity index is 816. The van der Waals surface area contributed by atoms with Crippen molar-refractivity contribution in [2.45, 2.75) is 6.42 Å². The number of nitrogens with zero attached hydrogens (tertiary/aromatic N) is 1. The van der Waals surface area contributed by atoms with Gasteiger partial charge in [-0.05, 0) is 54.6 Å². The van der Waals surface area contributed by atoms with E-state index < -0.39 is 0 Å². The smallest absolute Gasteiger partial charge is 0.273 e. The van der Waals surface area contributed by atoms with E-state index in [4.69, 9.17) is 4.74 Å². The van der Waals surface area contributed by atoms with Gasteiger partial charge >= 0.3 is 0 Å². The van der Waals surface area contributed by atoms with E-state index in [2.05, 4.69) is 26.7 Å². The number of halogens is 1. The zero-order valence-electron chi connectivity index (χ0n) is 13.5. The minimum absolute atomic E-state index is 0.136. The van der Waals surface area contributed by atoms with E-state index in [0.717, 1.165) is 4.47 Å². The van der Waals surface area contributed by atoms with Crippen LogP contribution >= 0.6 is 15.9 Å². The van der Waals surface area contributed by atoms with Gasteiger partial charge in [0.25, 0.3) is 5.91 Å². The molecule has 0 saturated heterocycles. The molecule has 25 heavy (non-hydrogen) atoms. The highest BCUT2D eigenvalue weighted by Crippen LogP contribution is 2.21. The van der Waals surface area contributed by atoms with E-state index in [9.17, 15) is 9.59 Å². The van der Waals surface area contributed by atoms with Crippen molar-refractivity contribution in [3.8, 4) is 5.75 Å². The average Bonchev–Trinajstić information content (AvgIpc) is 2.63. The van der Waals surface area contributed by atoms with Crippen molar-refractivity contribution in [2.24, 2.45) is 0 Å². The molecular formula is C18H16BrN3O3. The molecule has 2 amide bonds. The lowest BCUT2D eigenvalue weighted by Gasteiger charge is -2.28. The molecule has 2 aromatic rings. The molecule has 1 aliphatic heterocycles. The van der Waals surface area contributed by atoms with E-state index >= 15 is 0 Å². The number of carbonyl (C=O) groups is 2. The molecule has 0 bridgehead atoms. The molecule has 0 unspecified atom stereocenters. The molecule has 0 saturated carbocycles. The number of ether oxygens (including phenoxy) is 1. The summed E-state index contributed by atoms with van der Waals surface area (Å²) in [5.74, 6) is 0.253. The van der Waals surface area contributed by atoms with E-state index in [1.54, 1.807) is 49.6 Å². The van der Waals surface area contributed by atoms with Crippen molar-refractivity contribution in [3.63, 3.8) is 0 Å². The molecule has 2 aromatic carbocycles. The second kappa shape index (κ2) is 7.40. The van der Waals surface area contributed by atoms with Gasteiger partial charge < -0.3 is 10.1 Å². The zero-order valence-corrected chi connectivity index (χ0v) is 15.0. The SMILES string of the molecule is COc1ccc(NC(=O)C2=CCC(=O)N(c3ccc(Br)cc3)N2)cc1. The van der Waals surface area contributed by atoms with Gasteiger partial charge in [-0.3, -0.25) is 15.0 Å². The number of carbonyl (C=O) groups excluding carboxylic acids is 2. The molecule has 128 valence electrons. The number of benzene rings is 2. The topological polar surface area (TPSA) is 70.7 Å². The van der Waals surface area contributed by atoms with Crippen molar-refractivity contribution in [1.29, 1.82) is 0 Å². The maximum absolute atomic E-state index is 12.4. The molecule has 7 heteroatoms. The second-order valence-electron chi connectivity index (χ2n) is 5.32. The normalized spacial score (nSPS) is 13.8. The van der Waals surface area contributed by atoms with Gasteiger partial charge in [-0.25, -0.2) is 5.01 Å². The van der Waals surface area contributed by atoms with Crippen molar-refractivity contribution in [2.75, 3.05) is 17.4 Å². The quantitative estimate of drug-likeness (QED) is 0.824. The Hall–Kier alpha value is -2.80. The molecule has 0 atom stereocenters. The minimum atomic E-state index is -0.320. The number of hydrogen-bond donors (Lipinski definition) is 2. The Labute approximate surface area is 153 Å². The molecule has 0 radical (unpaired) electrons. The second-order valence-corrected chi connectivity index (χ2v) is 6.24. The van der Waals surface area contributed by atoms with Crippen LogP contribution in [-0.2, 0) is 9.59 Å². The monoisotopic (exact) mass is 401 g/mol. The highest BCUT2D eigenvalue weighted by molar-refractivity contribution is 9.10. The van der Waals surface area contributed by atoms with E-state index in [0.29, 0.717) is 22.8 Å². The third-order valence-corrected chi connectivity index (χ3v) is 4.17. The van der Waals surface area contributed by atoms with Gasteiger partial charge in [0.15, 0.2) is 0 Å². The fourth-order valence-electron chi connectivity index (χ4n) is 2.32. The molecule has 0 fully saturated rings. The molecular weight excluding hydrogens is 386 g/mol. The van der Waals surface area contributed by atoms with Crippen molar-refractivity contribution in [3.05, 3.63) is 64.8 Å². The number of amides is 2. The zero-order chi connectivity index (χ0) is 17.8. The van der Waals surface area contributed by atoms with Crippen LogP contribution in [0.1, 0.15) is 6.42 Å². The van der Waals surface area contributed by atoms with Gasteiger partial charge in [0.05, 0.1) is 12.8 Å². The molecule has 6 nitrogen and oxygen atoms in total. The van der Waals surface area contributed by atoms with Crippen LogP contribution in [0.5, 0.6) is 5.75 Å². The summed E-state index contributed by atoms with van der Waals surface area (Å²) >= 11 is 3.36. The first-order valence-electron chi connectivity index (χ1n) is 7.57. The summed E-state index contributed by atoms with van der Waals surface area (Å²) in [6, 6.07) is 14.3.